The number of nitrogens with one attached hydrogen (secondary N) is 1. The van der Waals surface area contributed by atoms with Crippen molar-refractivity contribution in [2.24, 2.45) is 5.41 Å². The number of para-hydroxylation sites is 1. The zero-order chi connectivity index (χ0) is 19.2. The van der Waals surface area contributed by atoms with Gasteiger partial charge in [-0.25, -0.2) is 0 Å². The van der Waals surface area contributed by atoms with Gasteiger partial charge in [-0.2, -0.15) is 0 Å². The highest BCUT2D eigenvalue weighted by molar-refractivity contribution is 6.32. The Bertz CT molecular complexity index is 620. The molecule has 2 rings (SSSR count). The van der Waals surface area contributed by atoms with Gasteiger partial charge in [-0.1, -0.05) is 44.5 Å². The van der Waals surface area contributed by atoms with E-state index in [4.69, 9.17) is 16.3 Å². The van der Waals surface area contributed by atoms with E-state index in [2.05, 4.69) is 5.32 Å². The summed E-state index contributed by atoms with van der Waals surface area (Å²) in [6.45, 7) is 7.68. The molecule has 144 valence electrons. The lowest BCUT2D eigenvalue weighted by atomic mass is 9.93. The fourth-order valence-corrected chi connectivity index (χ4v) is 3.17. The van der Waals surface area contributed by atoms with Crippen molar-refractivity contribution in [3.8, 4) is 5.75 Å². The number of rotatable bonds is 6. The minimum Gasteiger partial charge on any atom is -0.492 e. The molecule has 0 saturated carbocycles. The third-order valence-corrected chi connectivity index (χ3v) is 4.74. The first kappa shape index (κ1) is 20.6. The molecule has 1 aliphatic rings. The molecule has 0 aliphatic carbocycles. The predicted molar refractivity (Wildman–Crippen MR) is 103 cm³/mol. The number of hydrogen-bond acceptors (Lipinski definition) is 3. The molecular weight excluding hydrogens is 352 g/mol. The summed E-state index contributed by atoms with van der Waals surface area (Å²) in [4.78, 5) is 26.3. The van der Waals surface area contributed by atoms with E-state index in [-0.39, 0.29) is 23.3 Å². The second kappa shape index (κ2) is 9.26. The summed E-state index contributed by atoms with van der Waals surface area (Å²) < 4.78 is 5.59. The van der Waals surface area contributed by atoms with E-state index < -0.39 is 0 Å². The number of benzene rings is 1. The maximum Gasteiger partial charge on any atom is 0.227 e. The van der Waals surface area contributed by atoms with Crippen LogP contribution in [0.15, 0.2) is 24.3 Å². The first-order valence-electron chi connectivity index (χ1n) is 9.23. The van der Waals surface area contributed by atoms with Gasteiger partial charge in [0.2, 0.25) is 11.8 Å². The van der Waals surface area contributed by atoms with E-state index >= 15 is 0 Å². The Hall–Kier alpha value is -1.75. The molecule has 1 N–H and O–H groups in total. The third-order valence-electron chi connectivity index (χ3n) is 4.43. The highest BCUT2D eigenvalue weighted by atomic mass is 35.5. The summed E-state index contributed by atoms with van der Waals surface area (Å²) in [5.41, 5.74) is -0.349. The molecule has 1 aromatic rings. The quantitative estimate of drug-likeness (QED) is 0.766. The van der Waals surface area contributed by atoms with Crippen LogP contribution >= 0.6 is 11.6 Å². The Kier molecular flexibility index (Phi) is 7.33. The molecule has 1 saturated heterocycles. The number of piperidine rings is 1. The number of carbonyl (C=O) groups excluding carboxylic acids is 2. The van der Waals surface area contributed by atoms with Gasteiger partial charge in [0.15, 0.2) is 0 Å². The molecule has 1 aliphatic heterocycles. The Labute approximate surface area is 161 Å². The molecular formula is C20H29ClN2O3. The van der Waals surface area contributed by atoms with E-state index in [0.717, 1.165) is 12.8 Å². The number of halogens is 1. The molecule has 0 atom stereocenters. The van der Waals surface area contributed by atoms with Gasteiger partial charge in [0.1, 0.15) is 5.75 Å². The zero-order valence-electron chi connectivity index (χ0n) is 15.9. The van der Waals surface area contributed by atoms with Crippen molar-refractivity contribution in [1.82, 2.24) is 10.2 Å². The van der Waals surface area contributed by atoms with Crippen LogP contribution in [0.1, 0.15) is 46.5 Å². The van der Waals surface area contributed by atoms with Crippen LogP contribution in [0.4, 0.5) is 0 Å². The van der Waals surface area contributed by atoms with E-state index in [1.54, 1.807) is 6.07 Å². The van der Waals surface area contributed by atoms with Crippen LogP contribution in [0.2, 0.25) is 5.02 Å². The second-order valence-electron chi connectivity index (χ2n) is 7.77. The van der Waals surface area contributed by atoms with Crippen LogP contribution in [-0.2, 0) is 9.59 Å². The Morgan fingerprint density at radius 2 is 1.88 bits per heavy atom. The van der Waals surface area contributed by atoms with Crippen molar-refractivity contribution >= 4 is 23.4 Å². The normalized spacial score (nSPS) is 15.6. The average Bonchev–Trinajstić information content (AvgIpc) is 2.59. The first-order valence-corrected chi connectivity index (χ1v) is 9.61. The summed E-state index contributed by atoms with van der Waals surface area (Å²) in [5.74, 6) is 0.859. The van der Waals surface area contributed by atoms with Gasteiger partial charge in [0, 0.05) is 31.0 Å². The number of likely N-dealkylation sites (tertiary alicyclic amines) is 1. The average molecular weight is 381 g/mol. The molecule has 1 fully saturated rings. The van der Waals surface area contributed by atoms with Crippen molar-refractivity contribution in [3.63, 3.8) is 0 Å². The molecule has 1 aromatic carbocycles. The van der Waals surface area contributed by atoms with E-state index in [0.29, 0.717) is 43.3 Å². The Morgan fingerprint density at radius 3 is 2.50 bits per heavy atom. The Morgan fingerprint density at radius 1 is 1.23 bits per heavy atom. The number of hydrogen-bond donors (Lipinski definition) is 1. The molecule has 2 amide bonds. The van der Waals surface area contributed by atoms with Gasteiger partial charge in [0.25, 0.3) is 0 Å². The number of amides is 2. The van der Waals surface area contributed by atoms with Crippen molar-refractivity contribution in [2.45, 2.75) is 52.5 Å². The molecule has 0 aromatic heterocycles. The first-order chi connectivity index (χ1) is 12.3. The molecule has 0 unspecified atom stereocenters. The maximum absolute atomic E-state index is 12.3. The van der Waals surface area contributed by atoms with E-state index in [9.17, 15) is 9.59 Å². The molecule has 1 heterocycles. The van der Waals surface area contributed by atoms with Crippen LogP contribution in [-0.4, -0.2) is 42.5 Å². The standard InChI is InChI=1S/C20H29ClN2O3/c1-20(2,3)19(25)23-12-10-15(11-13-23)22-18(24)9-6-14-26-17-8-5-4-7-16(17)21/h4-5,7-8,15H,6,9-14H2,1-3H3,(H,22,24). The second-order valence-corrected chi connectivity index (χ2v) is 8.17. The molecule has 5 nitrogen and oxygen atoms in total. The van der Waals surface area contributed by atoms with Crippen LogP contribution < -0.4 is 10.1 Å². The lowest BCUT2D eigenvalue weighted by Gasteiger charge is -2.36. The molecule has 0 spiro atoms. The van der Waals surface area contributed by atoms with Crippen LogP contribution in [0.5, 0.6) is 5.75 Å². The van der Waals surface area contributed by atoms with Crippen molar-refractivity contribution < 1.29 is 14.3 Å². The monoisotopic (exact) mass is 380 g/mol. The lowest BCUT2D eigenvalue weighted by Crippen LogP contribution is -2.49. The highest BCUT2D eigenvalue weighted by Gasteiger charge is 2.30. The van der Waals surface area contributed by atoms with Gasteiger partial charge in [-0.3, -0.25) is 9.59 Å². The summed E-state index contributed by atoms with van der Waals surface area (Å²) in [5, 5.41) is 3.65. The SMILES string of the molecule is CC(C)(C)C(=O)N1CCC(NC(=O)CCCOc2ccccc2Cl)CC1. The minimum absolute atomic E-state index is 0.0355. The summed E-state index contributed by atoms with van der Waals surface area (Å²) in [7, 11) is 0. The predicted octanol–water partition coefficient (Wildman–Crippen LogP) is 3.65. The molecule has 0 radical (unpaired) electrons. The van der Waals surface area contributed by atoms with E-state index in [1.165, 1.54) is 0 Å². The summed E-state index contributed by atoms with van der Waals surface area (Å²) in [6.07, 6.45) is 2.68. The fraction of sp³-hybridized carbons (Fsp3) is 0.600. The van der Waals surface area contributed by atoms with E-state index in [1.807, 2.05) is 43.9 Å². The largest absolute Gasteiger partial charge is 0.492 e. The smallest absolute Gasteiger partial charge is 0.227 e. The van der Waals surface area contributed by atoms with Gasteiger partial charge in [-0.15, -0.1) is 0 Å². The van der Waals surface area contributed by atoms with Gasteiger partial charge >= 0.3 is 0 Å². The number of ether oxygens (including phenoxy) is 1. The highest BCUT2D eigenvalue weighted by Crippen LogP contribution is 2.23. The van der Waals surface area contributed by atoms with Crippen LogP contribution in [0.25, 0.3) is 0 Å². The molecule has 6 heteroatoms. The van der Waals surface area contributed by atoms with Crippen molar-refractivity contribution in [3.05, 3.63) is 29.3 Å². The van der Waals surface area contributed by atoms with Gasteiger partial charge in [-0.05, 0) is 31.4 Å². The van der Waals surface area contributed by atoms with Crippen molar-refractivity contribution in [2.75, 3.05) is 19.7 Å². The van der Waals surface area contributed by atoms with Gasteiger partial charge < -0.3 is 15.0 Å². The maximum atomic E-state index is 12.3. The minimum atomic E-state index is -0.349. The number of nitrogens with zero attached hydrogens (tertiary/aromatic N) is 1. The molecule has 0 bridgehead atoms. The number of carbonyl (C=O) groups is 2. The summed E-state index contributed by atoms with van der Waals surface area (Å²) in [6, 6.07) is 7.46. The van der Waals surface area contributed by atoms with Crippen molar-refractivity contribution in [1.29, 1.82) is 0 Å². The topological polar surface area (TPSA) is 58.6 Å². The zero-order valence-corrected chi connectivity index (χ0v) is 16.6. The molecule has 26 heavy (non-hydrogen) atoms. The lowest BCUT2D eigenvalue weighted by molar-refractivity contribution is -0.140. The summed E-state index contributed by atoms with van der Waals surface area (Å²) >= 11 is 6.02. The van der Waals surface area contributed by atoms with Crippen LogP contribution in [0.3, 0.4) is 0 Å². The van der Waals surface area contributed by atoms with Gasteiger partial charge in [0.05, 0.1) is 11.6 Å². The fourth-order valence-electron chi connectivity index (χ4n) is 2.98. The van der Waals surface area contributed by atoms with Crippen LogP contribution in [0, 0.1) is 5.41 Å². The third kappa shape index (κ3) is 6.20. The Balaban J connectivity index is 1.63.